The number of nitrogens with zero attached hydrogens (tertiary/aromatic N) is 4. The minimum absolute atomic E-state index is 0.0149. The number of aromatic nitrogens is 3. The van der Waals surface area contributed by atoms with E-state index in [1.54, 1.807) is 11.8 Å². The lowest BCUT2D eigenvalue weighted by molar-refractivity contribution is 0.0723. The Balaban J connectivity index is 1.69. The molecule has 3 heterocycles. The SMILES string of the molecule is CSc1nc(C(=O)N2CCC[C@@H]2c2nc3ccccc3n2C)cs1. The smallest absolute Gasteiger partial charge is 0.273 e. The second kappa shape index (κ2) is 6.22. The van der Waals surface area contributed by atoms with Crippen LogP contribution in [0.1, 0.15) is 35.2 Å². The van der Waals surface area contributed by atoms with E-state index in [9.17, 15) is 4.79 Å². The summed E-state index contributed by atoms with van der Waals surface area (Å²) < 4.78 is 3.04. The van der Waals surface area contributed by atoms with Gasteiger partial charge in [0.2, 0.25) is 0 Å². The normalized spacial score (nSPS) is 17.8. The predicted molar refractivity (Wildman–Crippen MR) is 97.6 cm³/mol. The molecule has 0 bridgehead atoms. The summed E-state index contributed by atoms with van der Waals surface area (Å²) in [6.45, 7) is 0.763. The van der Waals surface area contributed by atoms with Gasteiger partial charge in [0.15, 0.2) is 0 Å². The fourth-order valence-corrected chi connectivity index (χ4v) is 4.57. The number of fused-ring (bicyclic) bond motifs is 1. The highest BCUT2D eigenvalue weighted by Gasteiger charge is 2.34. The summed E-state index contributed by atoms with van der Waals surface area (Å²) in [5, 5.41) is 1.86. The number of imidazole rings is 1. The quantitative estimate of drug-likeness (QED) is 0.670. The molecule has 1 atom stereocenters. The molecule has 1 saturated heterocycles. The summed E-state index contributed by atoms with van der Waals surface area (Å²) in [6.07, 6.45) is 3.92. The monoisotopic (exact) mass is 358 g/mol. The third-order valence-electron chi connectivity index (χ3n) is 4.51. The number of thioether (sulfide) groups is 1. The average molecular weight is 358 g/mol. The maximum atomic E-state index is 12.9. The number of thiazole rings is 1. The van der Waals surface area contributed by atoms with Gasteiger partial charge in [-0.2, -0.15) is 0 Å². The molecule has 5 nitrogen and oxygen atoms in total. The van der Waals surface area contributed by atoms with Crippen LogP contribution in [0.15, 0.2) is 34.0 Å². The zero-order valence-electron chi connectivity index (χ0n) is 13.6. The molecular formula is C17H18N4OS2. The van der Waals surface area contributed by atoms with E-state index in [-0.39, 0.29) is 11.9 Å². The fourth-order valence-electron chi connectivity index (χ4n) is 3.34. The number of hydrogen-bond donors (Lipinski definition) is 0. The lowest BCUT2D eigenvalue weighted by Crippen LogP contribution is -2.32. The van der Waals surface area contributed by atoms with Crippen LogP contribution >= 0.6 is 23.1 Å². The van der Waals surface area contributed by atoms with Gasteiger partial charge in [0, 0.05) is 19.0 Å². The first-order chi connectivity index (χ1) is 11.7. The molecule has 24 heavy (non-hydrogen) atoms. The van der Waals surface area contributed by atoms with Crippen LogP contribution < -0.4 is 0 Å². The topological polar surface area (TPSA) is 51.0 Å². The van der Waals surface area contributed by atoms with Crippen molar-refractivity contribution in [2.75, 3.05) is 12.8 Å². The van der Waals surface area contributed by atoms with Crippen LogP contribution in [-0.2, 0) is 7.05 Å². The van der Waals surface area contributed by atoms with E-state index in [0.717, 1.165) is 40.6 Å². The number of likely N-dealkylation sites (tertiary alicyclic amines) is 1. The van der Waals surface area contributed by atoms with E-state index in [1.165, 1.54) is 11.3 Å². The van der Waals surface area contributed by atoms with Crippen LogP contribution in [0.2, 0.25) is 0 Å². The zero-order chi connectivity index (χ0) is 16.7. The van der Waals surface area contributed by atoms with Gasteiger partial charge < -0.3 is 9.47 Å². The van der Waals surface area contributed by atoms with Crippen molar-refractivity contribution in [1.82, 2.24) is 19.4 Å². The number of aryl methyl sites for hydroxylation is 1. The Bertz CT molecular complexity index is 901. The maximum Gasteiger partial charge on any atom is 0.273 e. The van der Waals surface area contributed by atoms with Gasteiger partial charge in [-0.15, -0.1) is 11.3 Å². The van der Waals surface area contributed by atoms with E-state index < -0.39 is 0 Å². The summed E-state index contributed by atoms with van der Waals surface area (Å²) >= 11 is 3.10. The van der Waals surface area contributed by atoms with E-state index in [2.05, 4.69) is 15.6 Å². The molecule has 3 aromatic rings. The van der Waals surface area contributed by atoms with Crippen molar-refractivity contribution in [3.8, 4) is 0 Å². The van der Waals surface area contributed by atoms with Crippen LogP contribution in [-0.4, -0.2) is 38.1 Å². The molecule has 0 N–H and O–H groups in total. The molecule has 1 aliphatic rings. The number of para-hydroxylation sites is 2. The van der Waals surface area contributed by atoms with E-state index >= 15 is 0 Å². The molecular weight excluding hydrogens is 340 g/mol. The van der Waals surface area contributed by atoms with Crippen LogP contribution in [0, 0.1) is 0 Å². The van der Waals surface area contributed by atoms with Gasteiger partial charge >= 0.3 is 0 Å². The van der Waals surface area contributed by atoms with Crippen molar-refractivity contribution in [2.24, 2.45) is 7.05 Å². The first-order valence-electron chi connectivity index (χ1n) is 7.91. The minimum Gasteiger partial charge on any atom is -0.329 e. The van der Waals surface area contributed by atoms with Crippen LogP contribution in [0.4, 0.5) is 0 Å². The van der Waals surface area contributed by atoms with E-state index in [0.29, 0.717) is 5.69 Å². The second-order valence-electron chi connectivity index (χ2n) is 5.88. The Morgan fingerprint density at radius 3 is 2.92 bits per heavy atom. The lowest BCUT2D eigenvalue weighted by Gasteiger charge is -2.23. The Labute approximate surface area is 148 Å². The highest BCUT2D eigenvalue weighted by molar-refractivity contribution is 8.00. The van der Waals surface area contributed by atoms with Crippen molar-refractivity contribution in [2.45, 2.75) is 23.2 Å². The van der Waals surface area contributed by atoms with Gasteiger partial charge in [0.1, 0.15) is 15.9 Å². The van der Waals surface area contributed by atoms with Crippen LogP contribution in [0.3, 0.4) is 0 Å². The second-order valence-corrected chi connectivity index (χ2v) is 7.79. The van der Waals surface area contributed by atoms with Crippen molar-refractivity contribution >= 4 is 40.0 Å². The third-order valence-corrected chi connectivity index (χ3v) is 6.37. The van der Waals surface area contributed by atoms with Gasteiger partial charge in [0.05, 0.1) is 17.1 Å². The van der Waals surface area contributed by atoms with Crippen molar-refractivity contribution in [1.29, 1.82) is 0 Å². The number of benzene rings is 1. The molecule has 0 spiro atoms. The summed E-state index contributed by atoms with van der Waals surface area (Å²) in [7, 11) is 2.03. The zero-order valence-corrected chi connectivity index (χ0v) is 15.2. The van der Waals surface area contributed by atoms with Gasteiger partial charge in [-0.1, -0.05) is 23.9 Å². The highest BCUT2D eigenvalue weighted by Crippen LogP contribution is 2.34. The summed E-state index contributed by atoms with van der Waals surface area (Å²) in [6, 6.07) is 8.12. The molecule has 7 heteroatoms. The Kier molecular flexibility index (Phi) is 4.05. The average Bonchev–Trinajstić information content (AvgIpc) is 3.33. The van der Waals surface area contributed by atoms with Crippen molar-refractivity contribution in [3.05, 3.63) is 41.2 Å². The van der Waals surface area contributed by atoms with Crippen molar-refractivity contribution in [3.63, 3.8) is 0 Å². The number of hydrogen-bond acceptors (Lipinski definition) is 5. The Hall–Kier alpha value is -1.86. The van der Waals surface area contributed by atoms with Crippen LogP contribution in [0.5, 0.6) is 0 Å². The molecule has 2 aromatic heterocycles. The van der Waals surface area contributed by atoms with Gasteiger partial charge in [-0.25, -0.2) is 9.97 Å². The number of amides is 1. The standard InChI is InChI=1S/C17H18N4OS2/c1-20-13-7-4-3-6-11(13)18-15(20)14-8-5-9-21(14)16(22)12-10-24-17(19-12)23-2/h3-4,6-7,10,14H,5,8-9H2,1-2H3/t14-/m1/s1. The summed E-state index contributed by atoms with van der Waals surface area (Å²) in [5.74, 6) is 0.975. The Morgan fingerprint density at radius 2 is 2.17 bits per heavy atom. The van der Waals surface area contributed by atoms with E-state index in [1.807, 2.05) is 41.8 Å². The number of carbonyl (C=O) groups is 1. The molecule has 0 unspecified atom stereocenters. The predicted octanol–water partition coefficient (Wildman–Crippen LogP) is 3.73. The van der Waals surface area contributed by atoms with Crippen LogP contribution in [0.25, 0.3) is 11.0 Å². The number of rotatable bonds is 3. The Morgan fingerprint density at radius 1 is 1.33 bits per heavy atom. The van der Waals surface area contributed by atoms with Crippen molar-refractivity contribution < 1.29 is 4.79 Å². The van der Waals surface area contributed by atoms with E-state index in [4.69, 9.17) is 4.98 Å². The molecule has 0 radical (unpaired) electrons. The van der Waals surface area contributed by atoms with Gasteiger partial charge in [-0.3, -0.25) is 4.79 Å². The molecule has 4 rings (SSSR count). The fraction of sp³-hybridized carbons (Fsp3) is 0.353. The molecule has 124 valence electrons. The molecule has 1 fully saturated rings. The summed E-state index contributed by atoms with van der Waals surface area (Å²) in [4.78, 5) is 24.1. The highest BCUT2D eigenvalue weighted by atomic mass is 32.2. The first-order valence-corrected chi connectivity index (χ1v) is 10.0. The molecule has 1 amide bonds. The minimum atomic E-state index is 0.0149. The largest absolute Gasteiger partial charge is 0.329 e. The molecule has 0 saturated carbocycles. The van der Waals surface area contributed by atoms with Gasteiger partial charge in [-0.05, 0) is 31.2 Å². The summed E-state index contributed by atoms with van der Waals surface area (Å²) in [5.41, 5.74) is 2.63. The molecule has 0 aliphatic carbocycles. The molecule has 1 aliphatic heterocycles. The molecule has 1 aromatic carbocycles. The first kappa shape index (κ1) is 15.7. The lowest BCUT2D eigenvalue weighted by atomic mass is 10.2. The number of carbonyl (C=O) groups excluding carboxylic acids is 1. The maximum absolute atomic E-state index is 12.9. The van der Waals surface area contributed by atoms with Gasteiger partial charge in [0.25, 0.3) is 5.91 Å². The third kappa shape index (κ3) is 2.52.